The van der Waals surface area contributed by atoms with E-state index in [1.54, 1.807) is 6.26 Å². The van der Waals surface area contributed by atoms with Gasteiger partial charge >= 0.3 is 11.9 Å². The van der Waals surface area contributed by atoms with Crippen molar-refractivity contribution in [1.29, 1.82) is 0 Å². The van der Waals surface area contributed by atoms with Crippen LogP contribution in [0.4, 0.5) is 13.2 Å². The normalized spacial score (nSPS) is 20.1. The van der Waals surface area contributed by atoms with Crippen molar-refractivity contribution >= 4 is 17.5 Å². The van der Waals surface area contributed by atoms with Crippen LogP contribution in [0.2, 0.25) is 0 Å². The van der Waals surface area contributed by atoms with Gasteiger partial charge < -0.3 is 5.32 Å². The van der Waals surface area contributed by atoms with Crippen molar-refractivity contribution in [2.75, 3.05) is 6.26 Å². The molecule has 2 rings (SSSR count). The Morgan fingerprint density at radius 1 is 1.50 bits per heavy atom. The summed E-state index contributed by atoms with van der Waals surface area (Å²) < 4.78 is 42.1. The monoisotopic (exact) mass is 280 g/mol. The van der Waals surface area contributed by atoms with Gasteiger partial charge in [0.25, 0.3) is 0 Å². The van der Waals surface area contributed by atoms with E-state index in [9.17, 15) is 18.0 Å². The van der Waals surface area contributed by atoms with Gasteiger partial charge in [0.1, 0.15) is 11.4 Å². The van der Waals surface area contributed by atoms with Crippen molar-refractivity contribution in [3.63, 3.8) is 0 Å². The van der Waals surface area contributed by atoms with Crippen LogP contribution in [0.3, 0.4) is 0 Å². The van der Waals surface area contributed by atoms with E-state index in [0.29, 0.717) is 0 Å². The summed E-state index contributed by atoms with van der Waals surface area (Å²) in [6.45, 7) is 0. The second-order valence-electron chi connectivity index (χ2n) is 3.25. The Kier molecular flexibility index (Phi) is 3.20. The molecule has 1 aliphatic heterocycles. The summed E-state index contributed by atoms with van der Waals surface area (Å²) in [5, 5.41) is 5.51. The molecule has 0 saturated carbocycles. The smallest absolute Gasteiger partial charge is 0.351 e. The van der Waals surface area contributed by atoms with Crippen LogP contribution in [-0.2, 0) is 0 Å². The van der Waals surface area contributed by atoms with Crippen LogP contribution in [0.5, 0.6) is 0 Å². The maximum absolute atomic E-state index is 12.6. The molecule has 0 bridgehead atoms. The number of H-pyrrole nitrogens is 1. The zero-order valence-electron chi connectivity index (χ0n) is 8.91. The van der Waals surface area contributed by atoms with Crippen molar-refractivity contribution in [3.05, 3.63) is 28.1 Å². The Hall–Kier alpha value is -1.71. The average Bonchev–Trinajstić information content (AvgIpc) is 2.74. The third kappa shape index (κ3) is 2.58. The van der Waals surface area contributed by atoms with Gasteiger partial charge in [-0.2, -0.15) is 13.2 Å². The number of nitrogens with one attached hydrogen (secondary N) is 2. The van der Waals surface area contributed by atoms with E-state index in [0.717, 1.165) is 17.8 Å². The maximum Gasteiger partial charge on any atom is 0.439 e. The minimum Gasteiger partial charge on any atom is -0.351 e. The van der Waals surface area contributed by atoms with E-state index in [1.807, 2.05) is 0 Å². The molecule has 1 aromatic rings. The van der Waals surface area contributed by atoms with E-state index in [1.165, 1.54) is 0 Å². The van der Waals surface area contributed by atoms with Crippen LogP contribution in [0.25, 0.3) is 0 Å². The van der Waals surface area contributed by atoms with Crippen molar-refractivity contribution in [1.82, 2.24) is 15.5 Å². The molecule has 0 aromatic carbocycles. The van der Waals surface area contributed by atoms with Crippen LogP contribution in [-0.4, -0.2) is 33.8 Å². The molecule has 0 radical (unpaired) electrons. The fraction of sp³-hybridized carbons (Fsp3) is 0.375. The van der Waals surface area contributed by atoms with Gasteiger partial charge in [-0.1, -0.05) is 5.16 Å². The first-order valence-electron chi connectivity index (χ1n) is 4.62. The van der Waals surface area contributed by atoms with Gasteiger partial charge in [-0.15, -0.1) is 11.8 Å². The highest BCUT2D eigenvalue weighted by molar-refractivity contribution is 7.99. The first-order valence-corrected chi connectivity index (χ1v) is 5.91. The summed E-state index contributed by atoms with van der Waals surface area (Å²) in [6.07, 6.45) is -2.16. The van der Waals surface area contributed by atoms with Crippen molar-refractivity contribution in [3.8, 4) is 0 Å². The fourth-order valence-corrected chi connectivity index (χ4v) is 1.72. The number of halogens is 3. The lowest BCUT2D eigenvalue weighted by Crippen LogP contribution is -2.36. The number of aliphatic imine (C=N–C) groups is 1. The number of nitrogens with zero attached hydrogens (tertiary/aromatic N) is 2. The van der Waals surface area contributed by atoms with Gasteiger partial charge in [-0.05, 0) is 12.3 Å². The van der Waals surface area contributed by atoms with Crippen LogP contribution >= 0.6 is 11.8 Å². The van der Waals surface area contributed by atoms with Gasteiger partial charge in [0.05, 0.1) is 0 Å². The summed E-state index contributed by atoms with van der Waals surface area (Å²) in [7, 11) is 0. The fourth-order valence-electron chi connectivity index (χ4n) is 1.25. The molecule has 0 spiro atoms. The Morgan fingerprint density at radius 2 is 2.22 bits per heavy atom. The number of alkyl halides is 3. The summed E-state index contributed by atoms with van der Waals surface area (Å²) in [6, 6.07) is 0. The van der Waals surface area contributed by atoms with Gasteiger partial charge in [-0.3, -0.25) is 9.51 Å². The maximum atomic E-state index is 12.6. The standard InChI is InChI=1S/C8H7F3N4O2S/c1-18-6-12-3(5-14-7(16)17-15-5)2-4(13-6)8(9,10)11/h2,6,13H,1H3,(H,14,15,16). The highest BCUT2D eigenvalue weighted by atomic mass is 32.2. The molecule has 0 fully saturated rings. The predicted octanol–water partition coefficient (Wildman–Crippen LogP) is 0.848. The summed E-state index contributed by atoms with van der Waals surface area (Å²) in [5.41, 5.74) is -1.84. The van der Waals surface area contributed by atoms with E-state index in [-0.39, 0.29) is 11.5 Å². The molecule has 1 aromatic heterocycles. The quantitative estimate of drug-likeness (QED) is 0.839. The summed E-state index contributed by atoms with van der Waals surface area (Å²) in [5.74, 6) is -0.990. The molecule has 2 heterocycles. The molecule has 1 atom stereocenters. The van der Waals surface area contributed by atoms with Crippen LogP contribution in [0.15, 0.2) is 26.1 Å². The molecule has 1 unspecified atom stereocenters. The molecule has 6 nitrogen and oxygen atoms in total. The van der Waals surface area contributed by atoms with Gasteiger partial charge in [0.2, 0.25) is 5.82 Å². The first kappa shape index (κ1) is 12.7. The van der Waals surface area contributed by atoms with Crippen LogP contribution in [0, 0.1) is 0 Å². The Morgan fingerprint density at radius 3 is 2.72 bits per heavy atom. The van der Waals surface area contributed by atoms with Crippen molar-refractivity contribution < 1.29 is 17.7 Å². The Balaban J connectivity index is 2.41. The number of allylic oxidation sites excluding steroid dienone is 2. The molecule has 0 aliphatic carbocycles. The predicted molar refractivity (Wildman–Crippen MR) is 58.2 cm³/mol. The largest absolute Gasteiger partial charge is 0.439 e. The molecule has 0 amide bonds. The molecular formula is C8H7F3N4O2S. The lowest BCUT2D eigenvalue weighted by molar-refractivity contribution is -0.0970. The van der Waals surface area contributed by atoms with Crippen molar-refractivity contribution in [2.45, 2.75) is 11.7 Å². The highest BCUT2D eigenvalue weighted by Gasteiger charge is 2.37. The van der Waals surface area contributed by atoms with E-state index in [4.69, 9.17) is 0 Å². The average molecular weight is 280 g/mol. The van der Waals surface area contributed by atoms with E-state index < -0.39 is 23.1 Å². The van der Waals surface area contributed by atoms with E-state index >= 15 is 0 Å². The lowest BCUT2D eigenvalue weighted by Gasteiger charge is -2.22. The van der Waals surface area contributed by atoms with Gasteiger partial charge in [-0.25, -0.2) is 9.79 Å². The molecule has 18 heavy (non-hydrogen) atoms. The van der Waals surface area contributed by atoms with Crippen LogP contribution in [0.1, 0.15) is 5.82 Å². The zero-order chi connectivity index (χ0) is 13.3. The molecule has 98 valence electrons. The number of hydrogen-bond donors (Lipinski definition) is 2. The lowest BCUT2D eigenvalue weighted by atomic mass is 10.2. The second kappa shape index (κ2) is 4.52. The third-order valence-electron chi connectivity index (χ3n) is 2.03. The van der Waals surface area contributed by atoms with E-state index in [2.05, 4.69) is 25.0 Å². The first-order chi connectivity index (χ1) is 8.40. The number of rotatable bonds is 2. The minimum absolute atomic E-state index is 0.0914. The second-order valence-corrected chi connectivity index (χ2v) is 4.16. The highest BCUT2D eigenvalue weighted by Crippen LogP contribution is 2.27. The van der Waals surface area contributed by atoms with Gasteiger partial charge in [0, 0.05) is 0 Å². The van der Waals surface area contributed by atoms with Gasteiger partial charge in [0.15, 0.2) is 5.50 Å². The summed E-state index contributed by atoms with van der Waals surface area (Å²) >= 11 is 1.08. The van der Waals surface area contributed by atoms with Crippen LogP contribution < -0.4 is 11.1 Å². The number of hydrogen-bond acceptors (Lipinski definition) is 6. The molecular weight excluding hydrogens is 273 g/mol. The molecule has 2 N–H and O–H groups in total. The number of aromatic amines is 1. The minimum atomic E-state index is -4.53. The van der Waals surface area contributed by atoms with Crippen molar-refractivity contribution in [2.24, 2.45) is 4.99 Å². The zero-order valence-corrected chi connectivity index (χ0v) is 9.72. The summed E-state index contributed by atoms with van der Waals surface area (Å²) in [4.78, 5) is 16.9. The molecule has 1 aliphatic rings. The Labute approximate surface area is 102 Å². The number of thioether (sulfide) groups is 1. The Bertz CT molecular complexity index is 559. The molecule has 10 heteroatoms. The SMILES string of the molecule is CSC1N=C(c2noc(=O)[nH]2)C=C(C(F)(F)F)N1. The third-order valence-corrected chi connectivity index (χ3v) is 2.70. The molecule has 0 saturated heterocycles. The number of aromatic nitrogens is 2. The topological polar surface area (TPSA) is 83.3 Å².